The molecule has 1 unspecified atom stereocenters. The van der Waals surface area contributed by atoms with Crippen LogP contribution in [0.15, 0.2) is 18.2 Å². The highest BCUT2D eigenvalue weighted by Crippen LogP contribution is 2.32. The highest BCUT2D eigenvalue weighted by Gasteiger charge is 2.31. The fraction of sp³-hybridized carbons (Fsp3) is 0.600. The number of nitrogens with two attached hydrogens (primary N) is 1. The number of halogens is 4. The van der Waals surface area contributed by atoms with E-state index < -0.39 is 23.6 Å². The topological polar surface area (TPSA) is 26.0 Å². The predicted molar refractivity (Wildman–Crippen MR) is 71.7 cm³/mol. The summed E-state index contributed by atoms with van der Waals surface area (Å²) in [5.41, 5.74) is 4.92. The van der Waals surface area contributed by atoms with E-state index in [0.29, 0.717) is 6.42 Å². The quantitative estimate of drug-likeness (QED) is 0.542. The van der Waals surface area contributed by atoms with Crippen molar-refractivity contribution in [3.63, 3.8) is 0 Å². The van der Waals surface area contributed by atoms with Crippen molar-refractivity contribution in [2.75, 3.05) is 0 Å². The second kappa shape index (κ2) is 7.62. The first-order valence-electron chi connectivity index (χ1n) is 6.98. The van der Waals surface area contributed by atoms with Gasteiger partial charge in [-0.1, -0.05) is 39.0 Å². The first kappa shape index (κ1) is 17.0. The molecule has 0 aromatic heterocycles. The minimum absolute atomic E-state index is 0.0460. The van der Waals surface area contributed by atoms with Gasteiger partial charge in [-0.05, 0) is 24.6 Å². The molecule has 20 heavy (non-hydrogen) atoms. The first-order chi connectivity index (χ1) is 9.36. The zero-order chi connectivity index (χ0) is 15.2. The van der Waals surface area contributed by atoms with Gasteiger partial charge in [-0.15, -0.1) is 0 Å². The predicted octanol–water partition coefficient (Wildman–Crippen LogP) is 5.20. The molecule has 0 saturated heterocycles. The Kier molecular flexibility index (Phi) is 6.46. The summed E-state index contributed by atoms with van der Waals surface area (Å²) >= 11 is 0. The third-order valence-electron chi connectivity index (χ3n) is 3.34. The van der Waals surface area contributed by atoms with E-state index >= 15 is 0 Å². The van der Waals surface area contributed by atoms with E-state index in [1.54, 1.807) is 0 Å². The van der Waals surface area contributed by atoms with Crippen LogP contribution in [0.3, 0.4) is 0 Å². The van der Waals surface area contributed by atoms with Gasteiger partial charge in [0.15, 0.2) is 0 Å². The molecule has 1 rings (SSSR count). The van der Waals surface area contributed by atoms with Gasteiger partial charge in [-0.25, -0.2) is 4.39 Å². The molecule has 0 spiro atoms. The van der Waals surface area contributed by atoms with E-state index in [-0.39, 0.29) is 5.56 Å². The largest absolute Gasteiger partial charge is 0.416 e. The number of hydrogen-bond acceptors (Lipinski definition) is 1. The lowest BCUT2D eigenvalue weighted by atomic mass is 9.98. The molecule has 1 nitrogen and oxygen atoms in total. The lowest BCUT2D eigenvalue weighted by Crippen LogP contribution is -2.14. The van der Waals surface area contributed by atoms with Crippen molar-refractivity contribution in [3.8, 4) is 0 Å². The highest BCUT2D eigenvalue weighted by molar-refractivity contribution is 5.29. The van der Waals surface area contributed by atoms with Crippen molar-refractivity contribution in [2.45, 2.75) is 57.7 Å². The molecule has 0 saturated carbocycles. The Labute approximate surface area is 117 Å². The Hall–Kier alpha value is -1.10. The van der Waals surface area contributed by atoms with Crippen LogP contribution in [-0.4, -0.2) is 0 Å². The van der Waals surface area contributed by atoms with Crippen LogP contribution < -0.4 is 5.73 Å². The number of unbranched alkanes of at least 4 members (excludes halogenated alkanes) is 4. The molecule has 0 bridgehead atoms. The van der Waals surface area contributed by atoms with Crippen molar-refractivity contribution in [2.24, 2.45) is 5.73 Å². The average Bonchev–Trinajstić information content (AvgIpc) is 2.37. The molecular formula is C15H21F4N. The van der Waals surface area contributed by atoms with Crippen LogP contribution in [0.1, 0.15) is 62.6 Å². The van der Waals surface area contributed by atoms with E-state index in [4.69, 9.17) is 5.73 Å². The molecule has 1 aromatic carbocycles. The first-order valence-corrected chi connectivity index (χ1v) is 6.98. The monoisotopic (exact) mass is 291 g/mol. The molecule has 0 radical (unpaired) electrons. The Morgan fingerprint density at radius 2 is 1.75 bits per heavy atom. The van der Waals surface area contributed by atoms with Gasteiger partial charge < -0.3 is 5.73 Å². The number of benzene rings is 1. The average molecular weight is 291 g/mol. The minimum Gasteiger partial charge on any atom is -0.324 e. The second-order valence-electron chi connectivity index (χ2n) is 5.04. The normalized spacial score (nSPS) is 13.5. The van der Waals surface area contributed by atoms with Crippen LogP contribution in [0.25, 0.3) is 0 Å². The summed E-state index contributed by atoms with van der Waals surface area (Å²) in [5, 5.41) is 0. The van der Waals surface area contributed by atoms with E-state index in [2.05, 4.69) is 6.92 Å². The van der Waals surface area contributed by atoms with E-state index in [9.17, 15) is 17.6 Å². The maximum absolute atomic E-state index is 13.6. The van der Waals surface area contributed by atoms with Gasteiger partial charge in [0.05, 0.1) is 5.56 Å². The van der Waals surface area contributed by atoms with Crippen molar-refractivity contribution in [1.29, 1.82) is 0 Å². The fourth-order valence-electron chi connectivity index (χ4n) is 2.13. The summed E-state index contributed by atoms with van der Waals surface area (Å²) in [6.45, 7) is 2.10. The molecule has 5 heteroatoms. The summed E-state index contributed by atoms with van der Waals surface area (Å²) in [4.78, 5) is 0. The summed E-state index contributed by atoms with van der Waals surface area (Å²) in [6.07, 6.45) is 1.14. The minimum atomic E-state index is -4.47. The molecule has 2 N–H and O–H groups in total. The lowest BCUT2D eigenvalue weighted by Gasteiger charge is -2.15. The Bertz CT molecular complexity index is 415. The molecular weight excluding hydrogens is 270 g/mol. The summed E-state index contributed by atoms with van der Waals surface area (Å²) in [6, 6.07) is 1.73. The van der Waals surface area contributed by atoms with E-state index in [1.807, 2.05) is 0 Å². The van der Waals surface area contributed by atoms with Crippen LogP contribution in [-0.2, 0) is 6.18 Å². The smallest absolute Gasteiger partial charge is 0.324 e. The molecule has 0 aliphatic heterocycles. The third kappa shape index (κ3) is 5.12. The molecule has 0 aliphatic rings. The van der Waals surface area contributed by atoms with E-state index in [0.717, 1.165) is 50.3 Å². The zero-order valence-electron chi connectivity index (χ0n) is 11.6. The SMILES string of the molecule is CCCCCCCC(N)c1cc(C(F)(F)F)ccc1F. The highest BCUT2D eigenvalue weighted by atomic mass is 19.4. The van der Waals surface area contributed by atoms with Gasteiger partial charge in [0.1, 0.15) is 5.82 Å². The van der Waals surface area contributed by atoms with Crippen LogP contribution >= 0.6 is 0 Å². The lowest BCUT2D eigenvalue weighted by molar-refractivity contribution is -0.137. The molecule has 0 fully saturated rings. The van der Waals surface area contributed by atoms with Gasteiger partial charge in [0.2, 0.25) is 0 Å². The maximum atomic E-state index is 13.6. The van der Waals surface area contributed by atoms with Crippen molar-refractivity contribution in [3.05, 3.63) is 35.1 Å². The van der Waals surface area contributed by atoms with Crippen molar-refractivity contribution < 1.29 is 17.6 Å². The fourth-order valence-corrected chi connectivity index (χ4v) is 2.13. The molecule has 1 aromatic rings. The van der Waals surface area contributed by atoms with Crippen LogP contribution in [0.5, 0.6) is 0 Å². The number of hydrogen-bond donors (Lipinski definition) is 1. The van der Waals surface area contributed by atoms with Gasteiger partial charge in [-0.3, -0.25) is 0 Å². The maximum Gasteiger partial charge on any atom is 0.416 e. The van der Waals surface area contributed by atoms with Crippen LogP contribution in [0, 0.1) is 5.82 Å². The molecule has 0 aliphatic carbocycles. The van der Waals surface area contributed by atoms with Crippen molar-refractivity contribution in [1.82, 2.24) is 0 Å². The van der Waals surface area contributed by atoms with Gasteiger partial charge in [0, 0.05) is 11.6 Å². The Morgan fingerprint density at radius 3 is 2.35 bits per heavy atom. The van der Waals surface area contributed by atoms with E-state index in [1.165, 1.54) is 0 Å². The summed E-state index contributed by atoms with van der Waals surface area (Å²) in [7, 11) is 0. The Balaban J connectivity index is 2.65. The zero-order valence-corrected chi connectivity index (χ0v) is 11.6. The third-order valence-corrected chi connectivity index (χ3v) is 3.34. The van der Waals surface area contributed by atoms with Gasteiger partial charge >= 0.3 is 6.18 Å². The summed E-state index contributed by atoms with van der Waals surface area (Å²) in [5.74, 6) is -0.668. The molecule has 1 atom stereocenters. The van der Waals surface area contributed by atoms with Crippen molar-refractivity contribution >= 4 is 0 Å². The standard InChI is InChI=1S/C15H21F4N/c1-2-3-4-5-6-7-14(20)12-10-11(15(17,18)19)8-9-13(12)16/h8-10,14H,2-7,20H2,1H3. The summed E-state index contributed by atoms with van der Waals surface area (Å²) < 4.78 is 51.4. The molecule has 0 heterocycles. The molecule has 0 amide bonds. The number of alkyl halides is 3. The number of rotatable bonds is 7. The van der Waals surface area contributed by atoms with Gasteiger partial charge in [0.25, 0.3) is 0 Å². The van der Waals surface area contributed by atoms with Crippen LogP contribution in [0.2, 0.25) is 0 Å². The van der Waals surface area contributed by atoms with Gasteiger partial charge in [-0.2, -0.15) is 13.2 Å². The molecule has 114 valence electrons. The second-order valence-corrected chi connectivity index (χ2v) is 5.04. The Morgan fingerprint density at radius 1 is 1.10 bits per heavy atom. The van der Waals surface area contributed by atoms with Crippen LogP contribution in [0.4, 0.5) is 17.6 Å².